The van der Waals surface area contributed by atoms with Crippen LogP contribution in [0.4, 0.5) is 0 Å². The first kappa shape index (κ1) is 21.5. The lowest BCUT2D eigenvalue weighted by Crippen LogP contribution is -2.50. The molecule has 0 spiro atoms. The molecule has 1 saturated heterocycles. The van der Waals surface area contributed by atoms with Crippen LogP contribution >= 0.6 is 0 Å². The molecule has 0 bridgehead atoms. The van der Waals surface area contributed by atoms with Crippen molar-refractivity contribution in [1.29, 1.82) is 0 Å². The summed E-state index contributed by atoms with van der Waals surface area (Å²) in [4.78, 5) is 7.39. The van der Waals surface area contributed by atoms with Crippen molar-refractivity contribution >= 4 is 5.96 Å². The molecule has 2 N–H and O–H groups in total. The van der Waals surface area contributed by atoms with Gasteiger partial charge in [0.05, 0.1) is 12.7 Å². The summed E-state index contributed by atoms with van der Waals surface area (Å²) in [6.07, 6.45) is 5.22. The van der Waals surface area contributed by atoms with E-state index in [2.05, 4.69) is 36.3 Å². The third kappa shape index (κ3) is 7.05. The number of nitrogens with zero attached hydrogens (tertiary/aromatic N) is 2. The van der Waals surface area contributed by atoms with Gasteiger partial charge in [-0.1, -0.05) is 20.3 Å². The molecule has 0 radical (unpaired) electrons. The fourth-order valence-electron chi connectivity index (χ4n) is 3.87. The lowest BCUT2D eigenvalue weighted by atomic mass is 9.67. The van der Waals surface area contributed by atoms with Crippen molar-refractivity contribution in [2.45, 2.75) is 52.6 Å². The fourth-order valence-corrected chi connectivity index (χ4v) is 3.87. The molecule has 0 aromatic heterocycles. The predicted octanol–water partition coefficient (Wildman–Crippen LogP) is 2.11. The molecular formula is C20H40N4O2. The average molecular weight is 369 g/mol. The molecule has 1 unspecified atom stereocenters. The zero-order valence-corrected chi connectivity index (χ0v) is 17.4. The van der Waals surface area contributed by atoms with E-state index in [0.717, 1.165) is 64.9 Å². The maximum Gasteiger partial charge on any atom is 0.191 e. The Kier molecular flexibility index (Phi) is 9.16. The van der Waals surface area contributed by atoms with Crippen LogP contribution in [0.25, 0.3) is 0 Å². The summed E-state index contributed by atoms with van der Waals surface area (Å²) in [5.41, 5.74) is 0.355. The maximum absolute atomic E-state index is 5.95. The molecule has 0 aromatic carbocycles. The molecule has 2 fully saturated rings. The molecule has 6 heteroatoms. The van der Waals surface area contributed by atoms with Crippen LogP contribution in [0, 0.1) is 11.3 Å². The largest absolute Gasteiger partial charge is 0.385 e. The van der Waals surface area contributed by atoms with E-state index >= 15 is 0 Å². The topological polar surface area (TPSA) is 58.1 Å². The van der Waals surface area contributed by atoms with Crippen LogP contribution in [-0.4, -0.2) is 76.6 Å². The minimum atomic E-state index is 0.234. The standard InChI is InChI=1S/C20H40N4O2/c1-5-21-19(23-16-20(7-6-8-20)9-11-25-4)22-13-18-15-24(10-12-26-18)14-17(2)3/h17-18H,5-16H2,1-4H3,(H2,21,22,23). The minimum Gasteiger partial charge on any atom is -0.385 e. The van der Waals surface area contributed by atoms with Gasteiger partial charge in [0.1, 0.15) is 0 Å². The van der Waals surface area contributed by atoms with E-state index in [1.54, 1.807) is 7.11 Å². The van der Waals surface area contributed by atoms with Crippen LogP contribution in [0.1, 0.15) is 46.5 Å². The summed E-state index contributed by atoms with van der Waals surface area (Å²) in [5, 5.41) is 6.88. The van der Waals surface area contributed by atoms with Crippen molar-refractivity contribution in [3.63, 3.8) is 0 Å². The Morgan fingerprint density at radius 3 is 2.77 bits per heavy atom. The molecule has 0 aromatic rings. The van der Waals surface area contributed by atoms with Crippen molar-refractivity contribution in [3.8, 4) is 0 Å². The number of morpholine rings is 1. The van der Waals surface area contributed by atoms with Crippen LogP contribution in [-0.2, 0) is 9.47 Å². The minimum absolute atomic E-state index is 0.234. The first-order valence-corrected chi connectivity index (χ1v) is 10.4. The van der Waals surface area contributed by atoms with E-state index in [1.165, 1.54) is 19.3 Å². The van der Waals surface area contributed by atoms with E-state index in [0.29, 0.717) is 11.3 Å². The van der Waals surface area contributed by atoms with Crippen LogP contribution in [0.15, 0.2) is 4.99 Å². The van der Waals surface area contributed by atoms with Gasteiger partial charge in [-0.3, -0.25) is 9.89 Å². The molecule has 6 nitrogen and oxygen atoms in total. The van der Waals surface area contributed by atoms with Gasteiger partial charge < -0.3 is 20.1 Å². The molecule has 1 aliphatic heterocycles. The SMILES string of the molecule is CCNC(=NCC1(CCOC)CCC1)NCC1CN(CC(C)C)CCO1. The first-order chi connectivity index (χ1) is 12.6. The highest BCUT2D eigenvalue weighted by Gasteiger charge is 2.36. The lowest BCUT2D eigenvalue weighted by molar-refractivity contribution is -0.0284. The van der Waals surface area contributed by atoms with Crippen molar-refractivity contribution in [2.75, 3.05) is 59.6 Å². The Hall–Kier alpha value is -0.850. The number of rotatable bonds is 10. The van der Waals surface area contributed by atoms with Gasteiger partial charge in [-0.25, -0.2) is 0 Å². The van der Waals surface area contributed by atoms with Crippen molar-refractivity contribution in [2.24, 2.45) is 16.3 Å². The zero-order chi connectivity index (χ0) is 18.8. The van der Waals surface area contributed by atoms with Crippen molar-refractivity contribution in [1.82, 2.24) is 15.5 Å². The second kappa shape index (κ2) is 11.1. The Morgan fingerprint density at radius 1 is 1.35 bits per heavy atom. The van der Waals surface area contributed by atoms with Gasteiger partial charge in [-0.05, 0) is 37.5 Å². The molecule has 1 atom stereocenters. The van der Waals surface area contributed by atoms with Gasteiger partial charge >= 0.3 is 0 Å². The normalized spacial score (nSPS) is 23.7. The average Bonchev–Trinajstić information content (AvgIpc) is 2.58. The van der Waals surface area contributed by atoms with Crippen LogP contribution in [0.2, 0.25) is 0 Å². The van der Waals surface area contributed by atoms with Crippen LogP contribution in [0.3, 0.4) is 0 Å². The van der Waals surface area contributed by atoms with E-state index in [4.69, 9.17) is 14.5 Å². The zero-order valence-electron chi connectivity index (χ0n) is 17.4. The van der Waals surface area contributed by atoms with E-state index in [1.807, 2.05) is 0 Å². The van der Waals surface area contributed by atoms with Gasteiger partial charge in [-0.15, -0.1) is 0 Å². The molecule has 2 rings (SSSR count). The van der Waals surface area contributed by atoms with Gasteiger partial charge in [0, 0.05) is 53.0 Å². The summed E-state index contributed by atoms with van der Waals surface area (Å²) < 4.78 is 11.2. The smallest absolute Gasteiger partial charge is 0.191 e. The highest BCUT2D eigenvalue weighted by Crippen LogP contribution is 2.44. The van der Waals surface area contributed by atoms with Crippen molar-refractivity contribution in [3.05, 3.63) is 0 Å². The molecule has 1 aliphatic carbocycles. The molecule has 1 saturated carbocycles. The summed E-state index contributed by atoms with van der Waals surface area (Å²) in [5.74, 6) is 1.62. The number of ether oxygens (including phenoxy) is 2. The highest BCUT2D eigenvalue weighted by atomic mass is 16.5. The lowest BCUT2D eigenvalue weighted by Gasteiger charge is -2.41. The van der Waals surface area contributed by atoms with E-state index in [9.17, 15) is 0 Å². The van der Waals surface area contributed by atoms with Crippen LogP contribution < -0.4 is 10.6 Å². The van der Waals surface area contributed by atoms with Gasteiger partial charge in [0.25, 0.3) is 0 Å². The number of guanidine groups is 1. The molecule has 2 aliphatic rings. The summed E-state index contributed by atoms with van der Waals surface area (Å²) in [7, 11) is 1.79. The van der Waals surface area contributed by atoms with E-state index in [-0.39, 0.29) is 6.10 Å². The fraction of sp³-hybridized carbons (Fsp3) is 0.950. The number of hydrogen-bond donors (Lipinski definition) is 2. The second-order valence-electron chi connectivity index (χ2n) is 8.32. The summed E-state index contributed by atoms with van der Waals surface area (Å²) >= 11 is 0. The summed E-state index contributed by atoms with van der Waals surface area (Å²) in [6.45, 7) is 14.1. The highest BCUT2D eigenvalue weighted by molar-refractivity contribution is 5.79. The number of aliphatic imine (C=N–C) groups is 1. The Bertz CT molecular complexity index is 424. The second-order valence-corrected chi connectivity index (χ2v) is 8.32. The Morgan fingerprint density at radius 2 is 2.15 bits per heavy atom. The predicted molar refractivity (Wildman–Crippen MR) is 108 cm³/mol. The van der Waals surface area contributed by atoms with Gasteiger partial charge in [-0.2, -0.15) is 0 Å². The monoisotopic (exact) mass is 368 g/mol. The molecule has 152 valence electrons. The molecule has 26 heavy (non-hydrogen) atoms. The van der Waals surface area contributed by atoms with Gasteiger partial charge in [0.2, 0.25) is 0 Å². The van der Waals surface area contributed by atoms with Crippen LogP contribution in [0.5, 0.6) is 0 Å². The quantitative estimate of drug-likeness (QED) is 0.457. The first-order valence-electron chi connectivity index (χ1n) is 10.4. The number of hydrogen-bond acceptors (Lipinski definition) is 4. The molecule has 1 heterocycles. The Labute approximate surface area is 160 Å². The maximum atomic E-state index is 5.95. The van der Waals surface area contributed by atoms with E-state index < -0.39 is 0 Å². The number of nitrogens with one attached hydrogen (secondary N) is 2. The number of methoxy groups -OCH3 is 1. The van der Waals surface area contributed by atoms with Crippen molar-refractivity contribution < 1.29 is 9.47 Å². The summed E-state index contributed by atoms with van der Waals surface area (Å²) in [6, 6.07) is 0. The van der Waals surface area contributed by atoms with Gasteiger partial charge in [0.15, 0.2) is 5.96 Å². The molecular weight excluding hydrogens is 328 g/mol. The Balaban J connectivity index is 1.81. The third-order valence-corrected chi connectivity index (χ3v) is 5.51. The third-order valence-electron chi connectivity index (χ3n) is 5.51. The molecule has 0 amide bonds.